The van der Waals surface area contributed by atoms with Crippen molar-refractivity contribution in [2.75, 3.05) is 26.7 Å². The van der Waals surface area contributed by atoms with E-state index in [-0.39, 0.29) is 5.78 Å². The number of halogens is 1. The van der Waals surface area contributed by atoms with Crippen LogP contribution in [0.25, 0.3) is 0 Å². The number of ketones is 1. The maximum Gasteiger partial charge on any atom is 0.176 e. The van der Waals surface area contributed by atoms with Crippen LogP contribution in [0.15, 0.2) is 22.7 Å². The molecule has 0 radical (unpaired) electrons. The molecule has 21 heavy (non-hydrogen) atoms. The molecule has 4 heteroatoms. The van der Waals surface area contributed by atoms with Gasteiger partial charge in [-0.2, -0.15) is 0 Å². The Hall–Kier alpha value is -0.870. The van der Waals surface area contributed by atoms with E-state index in [4.69, 9.17) is 4.74 Å². The third kappa shape index (κ3) is 6.18. The normalized spacial score (nSPS) is 10.9. The lowest BCUT2D eigenvalue weighted by Crippen LogP contribution is -2.31. The highest BCUT2D eigenvalue weighted by atomic mass is 79.9. The van der Waals surface area contributed by atoms with Crippen LogP contribution in [0.1, 0.15) is 49.9 Å². The van der Waals surface area contributed by atoms with Gasteiger partial charge in [-0.15, -0.1) is 0 Å². The van der Waals surface area contributed by atoms with Crippen molar-refractivity contribution in [2.24, 2.45) is 0 Å². The zero-order valence-electron chi connectivity index (χ0n) is 13.3. The van der Waals surface area contributed by atoms with Gasteiger partial charge >= 0.3 is 0 Å². The van der Waals surface area contributed by atoms with E-state index in [1.54, 1.807) is 7.11 Å². The minimum Gasteiger partial charge on any atom is -0.496 e. The molecule has 0 N–H and O–H groups in total. The first-order valence-corrected chi connectivity index (χ1v) is 8.50. The van der Waals surface area contributed by atoms with Gasteiger partial charge in [0.05, 0.1) is 18.1 Å². The van der Waals surface area contributed by atoms with Gasteiger partial charge in [0.1, 0.15) is 5.75 Å². The topological polar surface area (TPSA) is 29.5 Å². The number of Topliss-reactive ketones (excluding diaryl/α,β-unsaturated/α-hetero) is 1. The smallest absolute Gasteiger partial charge is 0.176 e. The number of benzene rings is 1. The van der Waals surface area contributed by atoms with Gasteiger partial charge in [-0.25, -0.2) is 0 Å². The highest BCUT2D eigenvalue weighted by molar-refractivity contribution is 9.10. The second-order valence-electron chi connectivity index (χ2n) is 5.26. The third-order valence-corrected chi connectivity index (χ3v) is 4.12. The molecule has 0 aliphatic rings. The number of nitrogens with zero attached hydrogens (tertiary/aromatic N) is 1. The molecule has 0 heterocycles. The van der Waals surface area contributed by atoms with Crippen molar-refractivity contribution in [2.45, 2.75) is 39.5 Å². The fourth-order valence-electron chi connectivity index (χ4n) is 2.17. The number of unbranched alkanes of at least 4 members (excludes halogenated alkanes) is 2. The van der Waals surface area contributed by atoms with Crippen molar-refractivity contribution in [3.8, 4) is 5.75 Å². The lowest BCUT2D eigenvalue weighted by atomic mass is 10.1. The molecule has 0 atom stereocenters. The van der Waals surface area contributed by atoms with Gasteiger partial charge in [0.15, 0.2) is 5.78 Å². The second kappa shape index (κ2) is 9.96. The summed E-state index contributed by atoms with van der Waals surface area (Å²) < 4.78 is 6.02. The Morgan fingerprint density at radius 3 is 2.29 bits per heavy atom. The molecule has 0 aliphatic carbocycles. The highest BCUT2D eigenvalue weighted by Gasteiger charge is 2.13. The zero-order valence-corrected chi connectivity index (χ0v) is 14.9. The SMILES string of the molecule is CCCCN(CCCC)CC(=O)c1ccc(OC)c(Br)c1. The van der Waals surface area contributed by atoms with Crippen molar-refractivity contribution in [1.82, 2.24) is 4.90 Å². The maximum absolute atomic E-state index is 12.4. The predicted molar refractivity (Wildman–Crippen MR) is 91.3 cm³/mol. The number of rotatable bonds is 10. The van der Waals surface area contributed by atoms with Crippen molar-refractivity contribution in [3.63, 3.8) is 0 Å². The van der Waals surface area contributed by atoms with Crippen LogP contribution in [0.3, 0.4) is 0 Å². The summed E-state index contributed by atoms with van der Waals surface area (Å²) in [6, 6.07) is 5.52. The number of carbonyl (C=O) groups excluding carboxylic acids is 1. The van der Waals surface area contributed by atoms with Gasteiger partial charge in [0.25, 0.3) is 0 Å². The summed E-state index contributed by atoms with van der Waals surface area (Å²) in [5.41, 5.74) is 0.737. The Labute approximate surface area is 136 Å². The lowest BCUT2D eigenvalue weighted by Gasteiger charge is -2.21. The first-order chi connectivity index (χ1) is 10.1. The minimum atomic E-state index is 0.172. The van der Waals surface area contributed by atoms with E-state index in [9.17, 15) is 4.79 Å². The van der Waals surface area contributed by atoms with E-state index in [2.05, 4.69) is 34.7 Å². The molecule has 1 rings (SSSR count). The maximum atomic E-state index is 12.4. The number of carbonyl (C=O) groups is 1. The van der Waals surface area contributed by atoms with E-state index < -0.39 is 0 Å². The lowest BCUT2D eigenvalue weighted by molar-refractivity contribution is 0.0928. The molecule has 3 nitrogen and oxygen atoms in total. The average molecular weight is 356 g/mol. The summed E-state index contributed by atoms with van der Waals surface area (Å²) in [6.07, 6.45) is 4.60. The Balaban J connectivity index is 2.68. The van der Waals surface area contributed by atoms with Crippen molar-refractivity contribution in [1.29, 1.82) is 0 Å². The van der Waals surface area contributed by atoms with Gasteiger partial charge in [-0.05, 0) is 60.1 Å². The molecular weight excluding hydrogens is 330 g/mol. The Kier molecular flexibility index (Phi) is 8.62. The van der Waals surface area contributed by atoms with Crippen molar-refractivity contribution < 1.29 is 9.53 Å². The molecule has 0 amide bonds. The van der Waals surface area contributed by atoms with E-state index in [1.165, 1.54) is 0 Å². The molecule has 0 aromatic heterocycles. The van der Waals surface area contributed by atoms with Crippen LogP contribution >= 0.6 is 15.9 Å². The molecule has 0 spiro atoms. The highest BCUT2D eigenvalue weighted by Crippen LogP contribution is 2.25. The monoisotopic (exact) mass is 355 g/mol. The summed E-state index contributed by atoms with van der Waals surface area (Å²) >= 11 is 3.43. The molecule has 1 aromatic carbocycles. The second-order valence-corrected chi connectivity index (χ2v) is 6.11. The summed E-state index contributed by atoms with van der Waals surface area (Å²) in [4.78, 5) is 14.7. The fourth-order valence-corrected chi connectivity index (χ4v) is 2.71. The standard InChI is InChI=1S/C17H26BrNO2/c1-4-6-10-19(11-7-5-2)13-16(20)14-8-9-17(21-3)15(18)12-14/h8-9,12H,4-7,10-11,13H2,1-3H3. The van der Waals surface area contributed by atoms with E-state index in [1.807, 2.05) is 18.2 Å². The predicted octanol–water partition coefficient (Wildman–Crippen LogP) is 4.54. The Morgan fingerprint density at radius 1 is 1.19 bits per heavy atom. The minimum absolute atomic E-state index is 0.172. The van der Waals surface area contributed by atoms with Crippen LogP contribution in [0.4, 0.5) is 0 Å². The summed E-state index contributed by atoms with van der Waals surface area (Å²) in [5, 5.41) is 0. The van der Waals surface area contributed by atoms with Gasteiger partial charge in [0, 0.05) is 5.56 Å². The van der Waals surface area contributed by atoms with Crippen LogP contribution < -0.4 is 4.74 Å². The van der Waals surface area contributed by atoms with Gasteiger partial charge in [0.2, 0.25) is 0 Å². The first-order valence-electron chi connectivity index (χ1n) is 7.71. The van der Waals surface area contributed by atoms with E-state index in [0.717, 1.165) is 54.6 Å². The number of ether oxygens (including phenoxy) is 1. The Morgan fingerprint density at radius 2 is 1.81 bits per heavy atom. The van der Waals surface area contributed by atoms with Crippen LogP contribution in [0.5, 0.6) is 5.75 Å². The third-order valence-electron chi connectivity index (χ3n) is 3.50. The number of methoxy groups -OCH3 is 1. The molecule has 0 unspecified atom stereocenters. The van der Waals surface area contributed by atoms with Crippen LogP contribution in [0.2, 0.25) is 0 Å². The number of hydrogen-bond acceptors (Lipinski definition) is 3. The molecule has 0 fully saturated rings. The van der Waals surface area contributed by atoms with Gasteiger partial charge in [-0.3, -0.25) is 9.69 Å². The van der Waals surface area contributed by atoms with Crippen LogP contribution in [0, 0.1) is 0 Å². The quantitative estimate of drug-likeness (QED) is 0.577. The zero-order chi connectivity index (χ0) is 15.7. The van der Waals surface area contributed by atoms with Crippen LogP contribution in [-0.4, -0.2) is 37.4 Å². The molecular formula is C17H26BrNO2. The first kappa shape index (κ1) is 18.2. The fraction of sp³-hybridized carbons (Fsp3) is 0.588. The summed E-state index contributed by atoms with van der Waals surface area (Å²) in [6.45, 7) is 6.86. The molecule has 1 aromatic rings. The van der Waals surface area contributed by atoms with Crippen molar-refractivity contribution in [3.05, 3.63) is 28.2 Å². The largest absolute Gasteiger partial charge is 0.496 e. The van der Waals surface area contributed by atoms with Crippen molar-refractivity contribution >= 4 is 21.7 Å². The van der Waals surface area contributed by atoms with E-state index >= 15 is 0 Å². The molecule has 118 valence electrons. The molecule has 0 saturated carbocycles. The Bertz CT molecular complexity index is 440. The molecule has 0 aliphatic heterocycles. The number of hydrogen-bond donors (Lipinski definition) is 0. The van der Waals surface area contributed by atoms with Gasteiger partial charge in [-0.1, -0.05) is 26.7 Å². The molecule has 0 bridgehead atoms. The molecule has 0 saturated heterocycles. The van der Waals surface area contributed by atoms with Crippen LogP contribution in [-0.2, 0) is 0 Å². The van der Waals surface area contributed by atoms with E-state index in [0.29, 0.717) is 6.54 Å². The van der Waals surface area contributed by atoms with Gasteiger partial charge < -0.3 is 4.74 Å². The summed E-state index contributed by atoms with van der Waals surface area (Å²) in [5.74, 6) is 0.922. The average Bonchev–Trinajstić information content (AvgIpc) is 2.49. The summed E-state index contributed by atoms with van der Waals surface area (Å²) in [7, 11) is 1.62.